The van der Waals surface area contributed by atoms with E-state index < -0.39 is 0 Å². The van der Waals surface area contributed by atoms with E-state index in [9.17, 15) is 4.79 Å². The fourth-order valence-corrected chi connectivity index (χ4v) is 4.20. The number of benzene rings is 2. The Hall–Kier alpha value is -1.84. The van der Waals surface area contributed by atoms with E-state index in [0.717, 1.165) is 49.5 Å². The first kappa shape index (κ1) is 20.9. The molecular formula is C24H31ClN2O. The lowest BCUT2D eigenvalue weighted by Crippen LogP contribution is -2.43. The Labute approximate surface area is 174 Å². The minimum absolute atomic E-state index is 0.0367. The molecule has 0 aromatic heterocycles. The summed E-state index contributed by atoms with van der Waals surface area (Å²) in [6.07, 6.45) is 2.95. The van der Waals surface area contributed by atoms with E-state index in [0.29, 0.717) is 5.92 Å². The number of hydrogen-bond acceptors (Lipinski definition) is 2. The smallest absolute Gasteiger partial charge is 0.224 e. The van der Waals surface area contributed by atoms with Crippen molar-refractivity contribution < 1.29 is 4.79 Å². The average molecular weight is 399 g/mol. The molecule has 3 rings (SSSR count). The van der Waals surface area contributed by atoms with Gasteiger partial charge in [0.05, 0.1) is 12.0 Å². The molecule has 1 saturated heterocycles. The Morgan fingerprint density at radius 3 is 2.57 bits per heavy atom. The zero-order chi connectivity index (χ0) is 19.9. The highest BCUT2D eigenvalue weighted by Crippen LogP contribution is 2.25. The molecule has 1 heterocycles. The normalized spacial score (nSPS) is 18.8. The number of nitrogens with zero attached hydrogens (tertiary/aromatic N) is 1. The molecule has 0 spiro atoms. The predicted molar refractivity (Wildman–Crippen MR) is 116 cm³/mol. The van der Waals surface area contributed by atoms with E-state index >= 15 is 0 Å². The number of likely N-dealkylation sites (tertiary alicyclic amines) is 1. The van der Waals surface area contributed by atoms with Crippen LogP contribution in [0.15, 0.2) is 54.6 Å². The number of nitrogens with one attached hydrogen (secondary N) is 1. The molecule has 2 atom stereocenters. The van der Waals surface area contributed by atoms with E-state index in [2.05, 4.69) is 42.3 Å². The maximum Gasteiger partial charge on any atom is 0.224 e. The van der Waals surface area contributed by atoms with Gasteiger partial charge in [0.15, 0.2) is 0 Å². The molecule has 0 aliphatic carbocycles. The molecule has 0 radical (unpaired) electrons. The van der Waals surface area contributed by atoms with Crippen molar-refractivity contribution in [3.63, 3.8) is 0 Å². The molecule has 0 bridgehead atoms. The van der Waals surface area contributed by atoms with E-state index in [1.807, 2.05) is 36.4 Å². The number of carbonyl (C=O) groups is 1. The summed E-state index contributed by atoms with van der Waals surface area (Å²) in [7, 11) is 0. The first-order chi connectivity index (χ1) is 13.5. The number of carbonyl (C=O) groups excluding carboxylic acids is 1. The van der Waals surface area contributed by atoms with Crippen LogP contribution in [0.4, 0.5) is 0 Å². The minimum Gasteiger partial charge on any atom is -0.349 e. The first-order valence-corrected chi connectivity index (χ1v) is 10.7. The number of amides is 1. The number of piperidine rings is 1. The van der Waals surface area contributed by atoms with Crippen molar-refractivity contribution in [3.8, 4) is 0 Å². The zero-order valence-corrected chi connectivity index (χ0v) is 17.7. The largest absolute Gasteiger partial charge is 0.349 e. The SMILES string of the molecule is CC(C)C[C@@H](NC(=O)[C@@H]1CCCN(Cc2ccccc2Cl)C1)c1ccccc1. The van der Waals surface area contributed by atoms with Gasteiger partial charge in [0.2, 0.25) is 5.91 Å². The van der Waals surface area contributed by atoms with Crippen molar-refractivity contribution in [2.45, 2.75) is 45.7 Å². The average Bonchev–Trinajstić information content (AvgIpc) is 2.70. The van der Waals surface area contributed by atoms with Crippen LogP contribution >= 0.6 is 11.6 Å². The third-order valence-electron chi connectivity index (χ3n) is 5.45. The van der Waals surface area contributed by atoms with Crippen molar-refractivity contribution in [3.05, 3.63) is 70.7 Å². The van der Waals surface area contributed by atoms with Crippen LogP contribution in [0.1, 0.15) is 50.3 Å². The highest BCUT2D eigenvalue weighted by Gasteiger charge is 2.28. The summed E-state index contributed by atoms with van der Waals surface area (Å²) in [5.74, 6) is 0.738. The summed E-state index contributed by atoms with van der Waals surface area (Å²) in [5, 5.41) is 4.14. The van der Waals surface area contributed by atoms with Gasteiger partial charge in [0, 0.05) is 18.1 Å². The van der Waals surface area contributed by atoms with E-state index in [1.54, 1.807) is 0 Å². The quantitative estimate of drug-likeness (QED) is 0.672. The highest BCUT2D eigenvalue weighted by molar-refractivity contribution is 6.31. The summed E-state index contributed by atoms with van der Waals surface area (Å²) >= 11 is 6.32. The molecule has 0 unspecified atom stereocenters. The Balaban J connectivity index is 1.63. The Morgan fingerprint density at radius 2 is 1.86 bits per heavy atom. The number of hydrogen-bond donors (Lipinski definition) is 1. The molecule has 1 fully saturated rings. The van der Waals surface area contributed by atoms with Gasteiger partial charge in [-0.05, 0) is 48.9 Å². The third-order valence-corrected chi connectivity index (χ3v) is 5.82. The highest BCUT2D eigenvalue weighted by atomic mass is 35.5. The summed E-state index contributed by atoms with van der Waals surface area (Å²) in [4.78, 5) is 15.4. The zero-order valence-electron chi connectivity index (χ0n) is 16.9. The molecular weight excluding hydrogens is 368 g/mol. The third kappa shape index (κ3) is 5.83. The number of rotatable bonds is 7. The number of halogens is 1. The van der Waals surface area contributed by atoms with Crippen LogP contribution in [0.3, 0.4) is 0 Å². The molecule has 1 amide bonds. The standard InChI is InChI=1S/C24H31ClN2O/c1-18(2)15-23(19-9-4-3-5-10-19)26-24(28)21-12-8-14-27(17-21)16-20-11-6-7-13-22(20)25/h3-7,9-11,13,18,21,23H,8,12,14-17H2,1-2H3,(H,26,28)/t21-,23-/m1/s1. The lowest BCUT2D eigenvalue weighted by Gasteiger charge is -2.33. The lowest BCUT2D eigenvalue weighted by molar-refractivity contribution is -0.127. The molecule has 2 aromatic rings. The summed E-state index contributed by atoms with van der Waals surface area (Å²) in [6.45, 7) is 7.02. The van der Waals surface area contributed by atoms with Crippen LogP contribution in [-0.4, -0.2) is 23.9 Å². The molecule has 28 heavy (non-hydrogen) atoms. The maximum absolute atomic E-state index is 13.1. The van der Waals surface area contributed by atoms with Crippen molar-refractivity contribution in [1.29, 1.82) is 0 Å². The van der Waals surface area contributed by atoms with Crippen LogP contribution in [0.2, 0.25) is 5.02 Å². The van der Waals surface area contributed by atoms with Crippen molar-refractivity contribution >= 4 is 17.5 Å². The van der Waals surface area contributed by atoms with Gasteiger partial charge >= 0.3 is 0 Å². The van der Waals surface area contributed by atoms with Gasteiger partial charge in [-0.1, -0.05) is 74.0 Å². The Bertz CT molecular complexity index is 762. The maximum atomic E-state index is 13.1. The molecule has 2 aromatic carbocycles. The Kier molecular flexibility index (Phi) is 7.52. The van der Waals surface area contributed by atoms with Gasteiger partial charge in [0.1, 0.15) is 0 Å². The fourth-order valence-electron chi connectivity index (χ4n) is 4.01. The summed E-state index contributed by atoms with van der Waals surface area (Å²) < 4.78 is 0. The second kappa shape index (κ2) is 10.1. The van der Waals surface area contributed by atoms with Gasteiger partial charge in [-0.2, -0.15) is 0 Å². The monoisotopic (exact) mass is 398 g/mol. The van der Waals surface area contributed by atoms with E-state index in [-0.39, 0.29) is 17.9 Å². The predicted octanol–water partition coefficient (Wildman–Crippen LogP) is 5.46. The Morgan fingerprint density at radius 1 is 1.14 bits per heavy atom. The van der Waals surface area contributed by atoms with Crippen molar-refractivity contribution in [1.82, 2.24) is 10.2 Å². The second-order valence-corrected chi connectivity index (χ2v) is 8.67. The van der Waals surface area contributed by atoms with Crippen LogP contribution < -0.4 is 5.32 Å². The van der Waals surface area contributed by atoms with Crippen LogP contribution in [0, 0.1) is 11.8 Å². The molecule has 1 aliphatic rings. The van der Waals surface area contributed by atoms with Crippen molar-refractivity contribution in [2.75, 3.05) is 13.1 Å². The van der Waals surface area contributed by atoms with E-state index in [1.165, 1.54) is 5.56 Å². The van der Waals surface area contributed by atoms with Gasteiger partial charge in [-0.15, -0.1) is 0 Å². The topological polar surface area (TPSA) is 32.3 Å². The second-order valence-electron chi connectivity index (χ2n) is 8.27. The van der Waals surface area contributed by atoms with Gasteiger partial charge in [-0.25, -0.2) is 0 Å². The van der Waals surface area contributed by atoms with Crippen LogP contribution in [-0.2, 0) is 11.3 Å². The molecule has 150 valence electrons. The summed E-state index contributed by atoms with van der Waals surface area (Å²) in [6, 6.07) is 18.4. The molecule has 0 saturated carbocycles. The van der Waals surface area contributed by atoms with Crippen molar-refractivity contribution in [2.24, 2.45) is 11.8 Å². The van der Waals surface area contributed by atoms with E-state index in [4.69, 9.17) is 11.6 Å². The lowest BCUT2D eigenvalue weighted by atomic mass is 9.93. The fraction of sp³-hybridized carbons (Fsp3) is 0.458. The van der Waals surface area contributed by atoms with Gasteiger partial charge < -0.3 is 5.32 Å². The molecule has 1 aliphatic heterocycles. The molecule has 1 N–H and O–H groups in total. The minimum atomic E-state index is 0.0367. The molecule has 4 heteroatoms. The van der Waals surface area contributed by atoms with Gasteiger partial charge in [-0.3, -0.25) is 9.69 Å². The van der Waals surface area contributed by atoms with Crippen LogP contribution in [0.25, 0.3) is 0 Å². The first-order valence-electron chi connectivity index (χ1n) is 10.3. The van der Waals surface area contributed by atoms with Crippen LogP contribution in [0.5, 0.6) is 0 Å². The summed E-state index contributed by atoms with van der Waals surface area (Å²) in [5.41, 5.74) is 2.32. The molecule has 3 nitrogen and oxygen atoms in total. The van der Waals surface area contributed by atoms with Gasteiger partial charge in [0.25, 0.3) is 0 Å².